The van der Waals surface area contributed by atoms with Gasteiger partial charge in [-0.3, -0.25) is 4.79 Å². The molecule has 1 aromatic heterocycles. The number of carbonyl (C=O) groups excluding carboxylic acids is 1. The van der Waals surface area contributed by atoms with E-state index >= 15 is 0 Å². The summed E-state index contributed by atoms with van der Waals surface area (Å²) in [5.41, 5.74) is 1.17. The summed E-state index contributed by atoms with van der Waals surface area (Å²) in [7, 11) is 0. The van der Waals surface area contributed by atoms with E-state index < -0.39 is 17.5 Å². The third-order valence-electron chi connectivity index (χ3n) is 4.26. The van der Waals surface area contributed by atoms with Gasteiger partial charge in [-0.1, -0.05) is 12.1 Å². The van der Waals surface area contributed by atoms with Crippen molar-refractivity contribution in [3.63, 3.8) is 0 Å². The Morgan fingerprint density at radius 3 is 2.44 bits per heavy atom. The fraction of sp³-hybridized carbons (Fsp3) is 0.211. The van der Waals surface area contributed by atoms with E-state index in [-0.39, 0.29) is 11.4 Å². The number of hydrogen-bond acceptors (Lipinski definition) is 5. The lowest BCUT2D eigenvalue weighted by molar-refractivity contribution is 0.101. The summed E-state index contributed by atoms with van der Waals surface area (Å²) in [5, 5.41) is 2.46. The van der Waals surface area contributed by atoms with E-state index in [1.807, 2.05) is 17.0 Å². The van der Waals surface area contributed by atoms with Crippen LogP contribution in [0.15, 0.2) is 42.5 Å². The molecule has 0 saturated carbocycles. The van der Waals surface area contributed by atoms with Crippen LogP contribution in [0.1, 0.15) is 10.5 Å². The fourth-order valence-corrected chi connectivity index (χ4v) is 2.91. The number of halogens is 2. The summed E-state index contributed by atoms with van der Waals surface area (Å²) in [6, 6.07) is 10.2. The predicted molar refractivity (Wildman–Crippen MR) is 96.9 cm³/mol. The molecular formula is C19H16F2N4O2. The smallest absolute Gasteiger partial charge is 0.278 e. The van der Waals surface area contributed by atoms with Gasteiger partial charge in [0.2, 0.25) is 0 Å². The number of nitrogens with one attached hydrogen (secondary N) is 1. The first-order valence-electron chi connectivity index (χ1n) is 8.48. The molecule has 0 bridgehead atoms. The third kappa shape index (κ3) is 3.56. The van der Waals surface area contributed by atoms with E-state index in [1.165, 1.54) is 6.07 Å². The van der Waals surface area contributed by atoms with E-state index in [1.54, 1.807) is 12.1 Å². The van der Waals surface area contributed by atoms with Crippen LogP contribution in [0.5, 0.6) is 0 Å². The molecule has 0 spiro atoms. The molecule has 6 nitrogen and oxygen atoms in total. The summed E-state index contributed by atoms with van der Waals surface area (Å²) in [4.78, 5) is 23.8. The Bertz CT molecular complexity index is 1010. The number of rotatable bonds is 3. The zero-order chi connectivity index (χ0) is 18.8. The lowest BCUT2D eigenvalue weighted by Gasteiger charge is -2.29. The Labute approximate surface area is 153 Å². The standard InChI is InChI=1S/C19H16F2N4O2/c20-12-5-6-14(13(21)11-12)24-19(26)17-18(25-7-9-27-10-8-25)23-16-4-2-1-3-15(16)22-17/h1-6,11H,7-10H2,(H,24,26). The fourth-order valence-electron chi connectivity index (χ4n) is 2.91. The molecule has 3 aromatic rings. The molecule has 27 heavy (non-hydrogen) atoms. The normalized spacial score (nSPS) is 14.4. The number of hydrogen-bond donors (Lipinski definition) is 1. The van der Waals surface area contributed by atoms with Crippen LogP contribution in [0.3, 0.4) is 0 Å². The van der Waals surface area contributed by atoms with Crippen LogP contribution < -0.4 is 10.2 Å². The number of anilines is 2. The topological polar surface area (TPSA) is 67.4 Å². The maximum atomic E-state index is 13.9. The number of benzene rings is 2. The van der Waals surface area contributed by atoms with Crippen LogP contribution in [-0.2, 0) is 4.74 Å². The molecule has 0 atom stereocenters. The molecule has 138 valence electrons. The monoisotopic (exact) mass is 370 g/mol. The highest BCUT2D eigenvalue weighted by atomic mass is 19.1. The average Bonchev–Trinajstić information content (AvgIpc) is 2.69. The number of para-hydroxylation sites is 2. The molecule has 1 aliphatic rings. The molecule has 0 unspecified atom stereocenters. The predicted octanol–water partition coefficient (Wildman–Crippen LogP) is 3.00. The molecule has 1 N–H and O–H groups in total. The maximum Gasteiger partial charge on any atom is 0.278 e. The zero-order valence-corrected chi connectivity index (χ0v) is 14.3. The highest BCUT2D eigenvalue weighted by molar-refractivity contribution is 6.07. The number of amides is 1. The summed E-state index contributed by atoms with van der Waals surface area (Å²) in [5.74, 6) is -1.77. The second-order valence-electron chi connectivity index (χ2n) is 6.06. The lowest BCUT2D eigenvalue weighted by Crippen LogP contribution is -2.38. The summed E-state index contributed by atoms with van der Waals surface area (Å²) in [6.07, 6.45) is 0. The number of aromatic nitrogens is 2. The van der Waals surface area contributed by atoms with Gasteiger partial charge in [-0.25, -0.2) is 18.7 Å². The van der Waals surface area contributed by atoms with Gasteiger partial charge in [0.25, 0.3) is 5.91 Å². The Kier molecular flexibility index (Phi) is 4.64. The number of fused-ring (bicyclic) bond motifs is 1. The molecule has 1 amide bonds. The van der Waals surface area contributed by atoms with Crippen LogP contribution >= 0.6 is 0 Å². The Morgan fingerprint density at radius 1 is 1.04 bits per heavy atom. The van der Waals surface area contributed by atoms with Gasteiger partial charge in [0.15, 0.2) is 11.5 Å². The first kappa shape index (κ1) is 17.3. The maximum absolute atomic E-state index is 13.9. The van der Waals surface area contributed by atoms with E-state index in [0.29, 0.717) is 49.2 Å². The van der Waals surface area contributed by atoms with Gasteiger partial charge in [-0.05, 0) is 24.3 Å². The van der Waals surface area contributed by atoms with Crippen LogP contribution in [0.4, 0.5) is 20.3 Å². The third-order valence-corrected chi connectivity index (χ3v) is 4.26. The van der Waals surface area contributed by atoms with Crippen molar-refractivity contribution in [3.8, 4) is 0 Å². The highest BCUT2D eigenvalue weighted by Crippen LogP contribution is 2.23. The van der Waals surface area contributed by atoms with Crippen molar-refractivity contribution in [3.05, 3.63) is 59.8 Å². The Morgan fingerprint density at radius 2 is 1.74 bits per heavy atom. The molecule has 0 aliphatic carbocycles. The van der Waals surface area contributed by atoms with Crippen molar-refractivity contribution in [1.29, 1.82) is 0 Å². The van der Waals surface area contributed by atoms with E-state index in [4.69, 9.17) is 4.74 Å². The minimum Gasteiger partial charge on any atom is -0.378 e. The Hall–Kier alpha value is -3.13. The van der Waals surface area contributed by atoms with Gasteiger partial charge in [0.1, 0.15) is 11.6 Å². The molecule has 1 aliphatic heterocycles. The molecule has 4 rings (SSSR count). The molecule has 1 saturated heterocycles. The molecule has 2 heterocycles. The van der Waals surface area contributed by atoms with Crippen LogP contribution in [0.2, 0.25) is 0 Å². The van der Waals surface area contributed by atoms with Crippen molar-refractivity contribution in [2.45, 2.75) is 0 Å². The minimum atomic E-state index is -0.856. The van der Waals surface area contributed by atoms with Crippen molar-refractivity contribution in [2.24, 2.45) is 0 Å². The minimum absolute atomic E-state index is 0.0827. The molecule has 2 aromatic carbocycles. The second kappa shape index (κ2) is 7.24. The largest absolute Gasteiger partial charge is 0.378 e. The second-order valence-corrected chi connectivity index (χ2v) is 6.06. The summed E-state index contributed by atoms with van der Waals surface area (Å²) >= 11 is 0. The zero-order valence-electron chi connectivity index (χ0n) is 14.3. The summed E-state index contributed by atoms with van der Waals surface area (Å²) in [6.45, 7) is 2.17. The van der Waals surface area contributed by atoms with Crippen molar-refractivity contribution < 1.29 is 18.3 Å². The van der Waals surface area contributed by atoms with E-state index in [0.717, 1.165) is 6.07 Å². The average molecular weight is 370 g/mol. The molecule has 8 heteroatoms. The van der Waals surface area contributed by atoms with Crippen LogP contribution in [-0.4, -0.2) is 42.2 Å². The summed E-state index contributed by atoms with van der Waals surface area (Å²) < 4.78 is 32.4. The van der Waals surface area contributed by atoms with Gasteiger partial charge >= 0.3 is 0 Å². The van der Waals surface area contributed by atoms with Crippen LogP contribution in [0, 0.1) is 11.6 Å². The van der Waals surface area contributed by atoms with Gasteiger partial charge < -0.3 is 15.0 Å². The first-order valence-corrected chi connectivity index (χ1v) is 8.48. The molecule has 0 radical (unpaired) electrons. The van der Waals surface area contributed by atoms with Gasteiger partial charge in [0, 0.05) is 19.2 Å². The number of morpholine rings is 1. The van der Waals surface area contributed by atoms with Gasteiger partial charge in [-0.2, -0.15) is 0 Å². The molecule has 1 fully saturated rings. The van der Waals surface area contributed by atoms with Gasteiger partial charge in [0.05, 0.1) is 29.9 Å². The number of ether oxygens (including phenoxy) is 1. The number of nitrogens with zero attached hydrogens (tertiary/aromatic N) is 3. The van der Waals surface area contributed by atoms with Crippen molar-refractivity contribution in [2.75, 3.05) is 36.5 Å². The van der Waals surface area contributed by atoms with E-state index in [2.05, 4.69) is 15.3 Å². The van der Waals surface area contributed by atoms with Gasteiger partial charge in [-0.15, -0.1) is 0 Å². The molecular weight excluding hydrogens is 354 g/mol. The highest BCUT2D eigenvalue weighted by Gasteiger charge is 2.23. The van der Waals surface area contributed by atoms with Crippen LogP contribution in [0.25, 0.3) is 11.0 Å². The van der Waals surface area contributed by atoms with Crippen molar-refractivity contribution in [1.82, 2.24) is 9.97 Å². The SMILES string of the molecule is O=C(Nc1ccc(F)cc1F)c1nc2ccccc2nc1N1CCOCC1. The van der Waals surface area contributed by atoms with E-state index in [9.17, 15) is 13.6 Å². The Balaban J connectivity index is 1.74. The number of carbonyl (C=O) groups is 1. The first-order chi connectivity index (χ1) is 13.1. The quantitative estimate of drug-likeness (QED) is 0.768. The lowest BCUT2D eigenvalue weighted by atomic mass is 10.2. The van der Waals surface area contributed by atoms with Crippen molar-refractivity contribution >= 4 is 28.4 Å².